The summed E-state index contributed by atoms with van der Waals surface area (Å²) in [6.45, 7) is 5.84. The van der Waals surface area contributed by atoms with Crippen molar-refractivity contribution in [3.63, 3.8) is 0 Å². The van der Waals surface area contributed by atoms with Gasteiger partial charge in [-0.3, -0.25) is 0 Å². The van der Waals surface area contributed by atoms with E-state index in [0.29, 0.717) is 80.6 Å². The average molecular weight is 949 g/mol. The molecule has 0 bridgehead atoms. The number of ether oxygens (including phenoxy) is 4. The van der Waals surface area contributed by atoms with E-state index in [2.05, 4.69) is 13.8 Å². The molecule has 0 aliphatic carbocycles. The van der Waals surface area contributed by atoms with Crippen molar-refractivity contribution in [3.8, 4) is 56.7 Å². The molecule has 0 N–H and O–H groups in total. The lowest BCUT2D eigenvalue weighted by molar-refractivity contribution is 0.0592. The Morgan fingerprint density at radius 3 is 1.01 bits per heavy atom. The van der Waals surface area contributed by atoms with Gasteiger partial charge in [0.2, 0.25) is 11.8 Å². The van der Waals surface area contributed by atoms with Crippen LogP contribution >= 0.6 is 0 Å². The first-order valence-corrected chi connectivity index (χ1v) is 26.0. The molecule has 0 saturated heterocycles. The number of hydrogen-bond donors (Lipinski definition) is 0. The molecule has 370 valence electrons. The molecule has 0 aliphatic heterocycles. The predicted molar refractivity (Wildman–Crippen MR) is 281 cm³/mol. The maximum atomic E-state index is 12.3. The highest BCUT2D eigenvalue weighted by atomic mass is 16.5. The van der Waals surface area contributed by atoms with E-state index in [4.69, 9.17) is 37.7 Å². The number of oxazole rings is 2. The van der Waals surface area contributed by atoms with Crippen LogP contribution in [-0.4, -0.2) is 49.3 Å². The second-order valence-electron chi connectivity index (χ2n) is 18.4. The third-order valence-electron chi connectivity index (χ3n) is 13.1. The molecule has 7 aromatic rings. The monoisotopic (exact) mass is 949 g/mol. The Labute approximate surface area is 414 Å². The Hall–Kier alpha value is -6.42. The SMILES string of the molecule is CCCCCCCCCCCCOc1ccc(-c2c3nc(-c4ccc(C(=O)OC)cc4)oc3c(-c3ccc(OCCCCCCCCCCCC)cc3)c3nc(-c4ccc(C(=O)OC)cc4)oc23)cc1. The van der Waals surface area contributed by atoms with Crippen molar-refractivity contribution in [2.24, 2.45) is 0 Å². The molecule has 0 saturated carbocycles. The second kappa shape index (κ2) is 27.1. The highest BCUT2D eigenvalue weighted by molar-refractivity contribution is 6.16. The molecule has 0 radical (unpaired) electrons. The summed E-state index contributed by atoms with van der Waals surface area (Å²) >= 11 is 0. The van der Waals surface area contributed by atoms with Crippen LogP contribution in [0.2, 0.25) is 0 Å². The van der Waals surface area contributed by atoms with Crippen LogP contribution in [0.15, 0.2) is 106 Å². The van der Waals surface area contributed by atoms with Crippen LogP contribution in [0.3, 0.4) is 0 Å². The minimum absolute atomic E-state index is 0.369. The van der Waals surface area contributed by atoms with Gasteiger partial charge in [-0.25, -0.2) is 19.6 Å². The second-order valence-corrected chi connectivity index (χ2v) is 18.4. The lowest BCUT2D eigenvalue weighted by Gasteiger charge is -2.11. The summed E-state index contributed by atoms with van der Waals surface area (Å²) in [6.07, 6.45) is 25.4. The molecule has 2 heterocycles. The number of carbonyl (C=O) groups excluding carboxylic acids is 2. The van der Waals surface area contributed by atoms with Crippen LogP contribution in [0, 0.1) is 0 Å². The zero-order chi connectivity index (χ0) is 48.9. The molecule has 0 atom stereocenters. The lowest BCUT2D eigenvalue weighted by atomic mass is 9.96. The number of fused-ring (bicyclic) bond motifs is 2. The van der Waals surface area contributed by atoms with Crippen molar-refractivity contribution in [3.05, 3.63) is 108 Å². The van der Waals surface area contributed by atoms with E-state index in [-0.39, 0.29) is 0 Å². The number of unbranched alkanes of at least 4 members (excludes halogenated alkanes) is 18. The topological polar surface area (TPSA) is 123 Å². The molecule has 10 nitrogen and oxygen atoms in total. The van der Waals surface area contributed by atoms with Gasteiger partial charge in [0.25, 0.3) is 0 Å². The highest BCUT2D eigenvalue weighted by Crippen LogP contribution is 2.46. The number of carbonyl (C=O) groups is 2. The van der Waals surface area contributed by atoms with Gasteiger partial charge in [0, 0.05) is 11.1 Å². The molecule has 2 aromatic heterocycles. The van der Waals surface area contributed by atoms with Crippen molar-refractivity contribution in [1.29, 1.82) is 0 Å². The van der Waals surface area contributed by atoms with E-state index in [1.807, 2.05) is 48.5 Å². The summed E-state index contributed by atoms with van der Waals surface area (Å²) in [5.41, 5.74) is 7.51. The zero-order valence-electron chi connectivity index (χ0n) is 42.0. The Kier molecular flexibility index (Phi) is 19.9. The van der Waals surface area contributed by atoms with E-state index in [1.165, 1.54) is 117 Å². The number of hydrogen-bond acceptors (Lipinski definition) is 10. The first-order chi connectivity index (χ1) is 34.4. The average Bonchev–Trinajstić information content (AvgIpc) is 4.04. The summed E-state index contributed by atoms with van der Waals surface area (Å²) in [7, 11) is 2.73. The molecule has 0 aliphatic rings. The Bertz CT molecular complexity index is 2440. The molecule has 0 amide bonds. The van der Waals surface area contributed by atoms with E-state index < -0.39 is 11.9 Å². The van der Waals surface area contributed by atoms with Gasteiger partial charge in [0.15, 0.2) is 11.2 Å². The van der Waals surface area contributed by atoms with Crippen molar-refractivity contribution in [2.75, 3.05) is 27.4 Å². The summed E-state index contributed by atoms with van der Waals surface area (Å²) in [5.74, 6) is 1.45. The quantitative estimate of drug-likeness (QED) is 0.0318. The fraction of sp³-hybridized carbons (Fsp3) is 0.433. The van der Waals surface area contributed by atoms with Crippen molar-refractivity contribution in [2.45, 2.75) is 142 Å². The van der Waals surface area contributed by atoms with E-state index in [9.17, 15) is 9.59 Å². The molecule has 10 heteroatoms. The van der Waals surface area contributed by atoms with Gasteiger partial charge in [-0.2, -0.15) is 0 Å². The molecule has 5 aromatic carbocycles. The van der Waals surface area contributed by atoms with Crippen LogP contribution < -0.4 is 9.47 Å². The minimum Gasteiger partial charge on any atom is -0.494 e. The van der Waals surface area contributed by atoms with Crippen LogP contribution in [0.4, 0.5) is 0 Å². The van der Waals surface area contributed by atoms with Gasteiger partial charge < -0.3 is 27.8 Å². The van der Waals surface area contributed by atoms with Crippen molar-refractivity contribution >= 4 is 34.1 Å². The normalized spacial score (nSPS) is 11.4. The lowest BCUT2D eigenvalue weighted by Crippen LogP contribution is -2.00. The standard InChI is InChI=1S/C60H72N2O8/c1-5-7-9-11-13-15-17-19-21-23-41-67-49-37-33-43(34-38-49)51-53-56(70-57(61-53)45-25-29-47(30-26-45)59(63)65-3)52(54-55(51)69-58(62-54)46-27-31-48(32-28-46)60(64)66-4)44-35-39-50(40-36-44)68-42-24-22-20-18-16-14-12-10-8-6-2/h25-40H,5-24,41-42H2,1-4H3. The van der Waals surface area contributed by atoms with Crippen LogP contribution in [0.1, 0.15) is 163 Å². The molecule has 7 rings (SSSR count). The molecular formula is C60H72N2O8. The predicted octanol–water partition coefficient (Wildman–Crippen LogP) is 16.8. The summed E-state index contributed by atoms with van der Waals surface area (Å²) < 4.78 is 36.0. The number of esters is 2. The minimum atomic E-state index is -0.428. The van der Waals surface area contributed by atoms with Crippen LogP contribution in [0.25, 0.3) is 67.4 Å². The first-order valence-electron chi connectivity index (χ1n) is 26.0. The summed E-state index contributed by atoms with van der Waals surface area (Å²) in [5, 5.41) is 0. The number of nitrogens with zero attached hydrogens (tertiary/aromatic N) is 2. The van der Waals surface area contributed by atoms with E-state index in [1.54, 1.807) is 48.5 Å². The zero-order valence-corrected chi connectivity index (χ0v) is 42.0. The molecule has 70 heavy (non-hydrogen) atoms. The Balaban J connectivity index is 1.19. The number of aromatic nitrogens is 2. The third kappa shape index (κ3) is 13.9. The largest absolute Gasteiger partial charge is 0.494 e. The molecular weight excluding hydrogens is 877 g/mol. The summed E-state index contributed by atoms with van der Waals surface area (Å²) in [4.78, 5) is 35.0. The van der Waals surface area contributed by atoms with Crippen LogP contribution in [0.5, 0.6) is 11.5 Å². The Morgan fingerprint density at radius 1 is 0.400 bits per heavy atom. The summed E-state index contributed by atoms with van der Waals surface area (Å²) in [6, 6.07) is 30.0. The number of rotatable bonds is 30. The van der Waals surface area contributed by atoms with Gasteiger partial charge in [-0.05, 0) is 96.8 Å². The van der Waals surface area contributed by atoms with Gasteiger partial charge >= 0.3 is 11.9 Å². The van der Waals surface area contributed by atoms with Gasteiger partial charge in [0.1, 0.15) is 22.5 Å². The first kappa shape index (κ1) is 51.4. The fourth-order valence-electron chi connectivity index (χ4n) is 9.04. The smallest absolute Gasteiger partial charge is 0.337 e. The number of benzene rings is 5. The maximum absolute atomic E-state index is 12.3. The van der Waals surface area contributed by atoms with E-state index in [0.717, 1.165) is 48.3 Å². The molecule has 0 unspecified atom stereocenters. The molecule has 0 spiro atoms. The third-order valence-corrected chi connectivity index (χ3v) is 13.1. The number of methoxy groups -OCH3 is 2. The van der Waals surface area contributed by atoms with Gasteiger partial charge in [0.05, 0.1) is 49.7 Å². The highest BCUT2D eigenvalue weighted by Gasteiger charge is 2.27. The van der Waals surface area contributed by atoms with Crippen molar-refractivity contribution in [1.82, 2.24) is 9.97 Å². The Morgan fingerprint density at radius 2 is 0.700 bits per heavy atom. The van der Waals surface area contributed by atoms with Gasteiger partial charge in [-0.1, -0.05) is 154 Å². The molecule has 0 fully saturated rings. The van der Waals surface area contributed by atoms with Gasteiger partial charge in [-0.15, -0.1) is 0 Å². The van der Waals surface area contributed by atoms with Crippen molar-refractivity contribution < 1.29 is 37.4 Å². The van der Waals surface area contributed by atoms with Crippen LogP contribution in [-0.2, 0) is 9.47 Å². The fourth-order valence-corrected chi connectivity index (χ4v) is 9.04. The maximum Gasteiger partial charge on any atom is 0.337 e. The van der Waals surface area contributed by atoms with E-state index >= 15 is 0 Å².